The molecule has 0 aliphatic carbocycles. The zero-order valence-electron chi connectivity index (χ0n) is 12.6. The first-order chi connectivity index (χ1) is 9.07. The van der Waals surface area contributed by atoms with Crippen molar-refractivity contribution in [3.8, 4) is 0 Å². The van der Waals surface area contributed by atoms with Crippen LogP contribution in [0.3, 0.4) is 0 Å². The standard InChI is InChI=1S/C14H23FN2O2S/c1-9(2)6-10(3)17(5)20(18,19)14-8-12(16)7-13(15)11(14)4/h7-10H,6,16H2,1-5H3. The van der Waals surface area contributed by atoms with Gasteiger partial charge < -0.3 is 5.73 Å². The lowest BCUT2D eigenvalue weighted by atomic mass is 10.1. The van der Waals surface area contributed by atoms with Gasteiger partial charge in [-0.25, -0.2) is 12.8 Å². The predicted molar refractivity (Wildman–Crippen MR) is 79.4 cm³/mol. The Morgan fingerprint density at radius 2 is 1.85 bits per heavy atom. The van der Waals surface area contributed by atoms with E-state index in [9.17, 15) is 12.8 Å². The molecular formula is C14H23FN2O2S. The third kappa shape index (κ3) is 3.49. The number of nitrogen functional groups attached to an aromatic ring is 1. The van der Waals surface area contributed by atoms with Gasteiger partial charge in [0.05, 0.1) is 4.90 Å². The van der Waals surface area contributed by atoms with Gasteiger partial charge in [-0.05, 0) is 38.3 Å². The van der Waals surface area contributed by atoms with Crippen molar-refractivity contribution in [2.24, 2.45) is 5.92 Å². The molecule has 0 bridgehead atoms. The monoisotopic (exact) mass is 302 g/mol. The highest BCUT2D eigenvalue weighted by atomic mass is 32.2. The molecule has 0 aromatic heterocycles. The van der Waals surface area contributed by atoms with Gasteiger partial charge in [-0.15, -0.1) is 0 Å². The van der Waals surface area contributed by atoms with Gasteiger partial charge in [0, 0.05) is 24.3 Å². The van der Waals surface area contributed by atoms with E-state index >= 15 is 0 Å². The lowest BCUT2D eigenvalue weighted by molar-refractivity contribution is 0.337. The number of hydrogen-bond acceptors (Lipinski definition) is 3. The van der Waals surface area contributed by atoms with Crippen molar-refractivity contribution >= 4 is 15.7 Å². The molecule has 0 aliphatic heterocycles. The van der Waals surface area contributed by atoms with E-state index in [-0.39, 0.29) is 22.2 Å². The fraction of sp³-hybridized carbons (Fsp3) is 0.571. The second-order valence-electron chi connectivity index (χ2n) is 5.63. The van der Waals surface area contributed by atoms with Crippen LogP contribution in [-0.4, -0.2) is 25.8 Å². The van der Waals surface area contributed by atoms with Crippen LogP contribution in [0.5, 0.6) is 0 Å². The molecule has 1 rings (SSSR count). The van der Waals surface area contributed by atoms with Gasteiger partial charge in [0.2, 0.25) is 10.0 Å². The highest BCUT2D eigenvalue weighted by Crippen LogP contribution is 2.26. The van der Waals surface area contributed by atoms with E-state index in [4.69, 9.17) is 5.73 Å². The van der Waals surface area contributed by atoms with Crippen LogP contribution in [-0.2, 0) is 10.0 Å². The molecular weight excluding hydrogens is 279 g/mol. The van der Waals surface area contributed by atoms with Crippen molar-refractivity contribution in [1.29, 1.82) is 0 Å². The summed E-state index contributed by atoms with van der Waals surface area (Å²) in [6.45, 7) is 7.35. The molecule has 0 amide bonds. The van der Waals surface area contributed by atoms with Crippen molar-refractivity contribution < 1.29 is 12.8 Å². The number of nitrogens with zero attached hydrogens (tertiary/aromatic N) is 1. The molecule has 114 valence electrons. The molecule has 0 spiro atoms. The molecule has 0 aliphatic rings. The molecule has 0 radical (unpaired) electrons. The Hall–Kier alpha value is -1.14. The van der Waals surface area contributed by atoms with E-state index < -0.39 is 15.8 Å². The maximum Gasteiger partial charge on any atom is 0.243 e. The predicted octanol–water partition coefficient (Wildman–Crippen LogP) is 2.77. The van der Waals surface area contributed by atoms with Crippen LogP contribution in [0, 0.1) is 18.7 Å². The summed E-state index contributed by atoms with van der Waals surface area (Å²) in [7, 11) is -2.23. The Morgan fingerprint density at radius 3 is 2.35 bits per heavy atom. The minimum Gasteiger partial charge on any atom is -0.399 e. The molecule has 1 aromatic rings. The molecule has 1 unspecified atom stereocenters. The second-order valence-corrected chi connectivity index (χ2v) is 7.59. The molecule has 0 heterocycles. The molecule has 0 saturated carbocycles. The lowest BCUT2D eigenvalue weighted by Crippen LogP contribution is -2.36. The number of halogens is 1. The molecule has 4 nitrogen and oxygen atoms in total. The molecule has 0 fully saturated rings. The minimum absolute atomic E-state index is 0.0619. The van der Waals surface area contributed by atoms with Crippen LogP contribution in [0.4, 0.5) is 10.1 Å². The topological polar surface area (TPSA) is 63.4 Å². The summed E-state index contributed by atoms with van der Waals surface area (Å²) in [5.41, 5.74) is 5.77. The van der Waals surface area contributed by atoms with Gasteiger partial charge in [0.25, 0.3) is 0 Å². The van der Waals surface area contributed by atoms with Crippen molar-refractivity contribution in [3.05, 3.63) is 23.5 Å². The summed E-state index contributed by atoms with van der Waals surface area (Å²) in [5.74, 6) is -0.227. The Labute approximate surface area is 120 Å². The third-order valence-corrected chi connectivity index (χ3v) is 5.51. The van der Waals surface area contributed by atoms with Crippen LogP contribution in [0.1, 0.15) is 32.8 Å². The van der Waals surface area contributed by atoms with Gasteiger partial charge in [-0.2, -0.15) is 4.31 Å². The summed E-state index contributed by atoms with van der Waals surface area (Å²) in [5, 5.41) is 0. The van der Waals surface area contributed by atoms with Gasteiger partial charge in [-0.1, -0.05) is 13.8 Å². The summed E-state index contributed by atoms with van der Waals surface area (Å²) < 4.78 is 40.1. The van der Waals surface area contributed by atoms with Gasteiger partial charge in [0.15, 0.2) is 0 Å². The van der Waals surface area contributed by atoms with E-state index in [1.54, 1.807) is 0 Å². The van der Waals surface area contributed by atoms with Crippen molar-refractivity contribution in [3.63, 3.8) is 0 Å². The summed E-state index contributed by atoms with van der Waals surface area (Å²) in [4.78, 5) is -0.0619. The Kier molecular flexibility index (Phi) is 5.15. The highest BCUT2D eigenvalue weighted by molar-refractivity contribution is 7.89. The SMILES string of the molecule is Cc1c(F)cc(N)cc1S(=O)(=O)N(C)C(C)CC(C)C. The van der Waals surface area contributed by atoms with Crippen molar-refractivity contribution in [1.82, 2.24) is 4.31 Å². The molecule has 1 atom stereocenters. The van der Waals surface area contributed by atoms with Gasteiger partial charge >= 0.3 is 0 Å². The zero-order chi connectivity index (χ0) is 15.7. The zero-order valence-corrected chi connectivity index (χ0v) is 13.5. The van der Waals surface area contributed by atoms with Gasteiger partial charge in [-0.3, -0.25) is 0 Å². The van der Waals surface area contributed by atoms with Crippen molar-refractivity contribution in [2.45, 2.75) is 45.1 Å². The quantitative estimate of drug-likeness (QED) is 0.851. The molecule has 1 aromatic carbocycles. The summed E-state index contributed by atoms with van der Waals surface area (Å²) >= 11 is 0. The number of hydrogen-bond donors (Lipinski definition) is 1. The van der Waals surface area contributed by atoms with Crippen LogP contribution < -0.4 is 5.73 Å². The highest BCUT2D eigenvalue weighted by Gasteiger charge is 2.28. The minimum atomic E-state index is -3.75. The van der Waals surface area contributed by atoms with E-state index in [0.717, 1.165) is 12.5 Å². The van der Waals surface area contributed by atoms with Crippen LogP contribution in [0.2, 0.25) is 0 Å². The largest absolute Gasteiger partial charge is 0.399 e. The summed E-state index contributed by atoms with van der Waals surface area (Å²) in [6, 6.07) is 2.28. The van der Waals surface area contributed by atoms with E-state index in [1.165, 1.54) is 24.3 Å². The first-order valence-electron chi connectivity index (χ1n) is 6.61. The Bertz CT molecular complexity index is 585. The molecule has 20 heavy (non-hydrogen) atoms. The Morgan fingerprint density at radius 1 is 1.30 bits per heavy atom. The van der Waals surface area contributed by atoms with Crippen molar-refractivity contribution in [2.75, 3.05) is 12.8 Å². The maximum atomic E-state index is 13.7. The molecule has 0 saturated heterocycles. The second kappa shape index (κ2) is 6.10. The Balaban J connectivity index is 3.23. The smallest absolute Gasteiger partial charge is 0.243 e. The first-order valence-corrected chi connectivity index (χ1v) is 8.05. The molecule has 6 heteroatoms. The number of anilines is 1. The van der Waals surface area contributed by atoms with E-state index in [2.05, 4.69) is 0 Å². The van der Waals surface area contributed by atoms with Gasteiger partial charge in [0.1, 0.15) is 5.82 Å². The lowest BCUT2D eigenvalue weighted by Gasteiger charge is -2.26. The average Bonchev–Trinajstić information content (AvgIpc) is 2.31. The third-order valence-electron chi connectivity index (χ3n) is 3.41. The number of benzene rings is 1. The van der Waals surface area contributed by atoms with E-state index in [0.29, 0.717) is 5.92 Å². The summed E-state index contributed by atoms with van der Waals surface area (Å²) in [6.07, 6.45) is 0.736. The van der Waals surface area contributed by atoms with E-state index in [1.807, 2.05) is 20.8 Å². The number of nitrogens with two attached hydrogens (primary N) is 1. The fourth-order valence-electron chi connectivity index (χ4n) is 2.16. The van der Waals surface area contributed by atoms with Crippen LogP contribution in [0.25, 0.3) is 0 Å². The average molecular weight is 302 g/mol. The van der Waals surface area contributed by atoms with Crippen LogP contribution in [0.15, 0.2) is 17.0 Å². The number of rotatable bonds is 5. The fourth-order valence-corrected chi connectivity index (χ4v) is 3.80. The molecule has 2 N–H and O–H groups in total. The van der Waals surface area contributed by atoms with Crippen LogP contribution >= 0.6 is 0 Å². The number of sulfonamides is 1. The first kappa shape index (κ1) is 16.9. The maximum absolute atomic E-state index is 13.7. The normalized spacial score (nSPS) is 14.0.